The molecule has 0 spiro atoms. The standard InChI is InChI=1S/C20H24N6O2.C19H22N6O2.C16H24N4O3.C16H24N4O2.C15H22N4O3.C15H24N4O3/c1-12(2)16-10-17(24-23-16)20(28)26-9-6-13(11-26)21-19(27)15-4-5-18-14(22-15)7-8-25(18)3;1-11(2)16-9-17(24-23-16)19(27)25-8-6-12(10-25)21-18(26)15-4-3-13-14(22-15)5-7-20-13;1-10(2)12-8-13(19-18-12)14(21)20-7-4-11(9-20)17-15(22)16(23-3)5-6-16;1-10(2)13-8-14(19-18-13)16(22)20-6-5-12(9-20)17-15(21)7-11-3-4-11;1-9(2)12-5-13(18-17-12)15(21)19-4-3-11(6-19)16-14(20)10-7-22-8-10;1-10(2)12-8-13(18-17-12)15(21)19-6-4-11(9-19)16-14(20)5-7-22-3/h4-5,7-8,10,12-13H,6,9,11H2,1-3H3,(H,21,27)(H,23,24);3-5,7,9,11-12,20H,6,8,10H2,1-2H3,(H,21,26)(H,23,24);8,10-11H,4-7,9H2,1-3H3,(H,17,22)(H,18,19);8,10-12H,3-7,9H2,1-2H3,(H,17,21)(H,18,19);5,9-11H,3-4,6-8H2,1-2H3,(H,16,20)(H,17,18);8,10-11H,4-7,9H2,1-3H3,(H,16,20)(H,17,18). The van der Waals surface area contributed by atoms with Crippen LogP contribution in [0.15, 0.2) is 85.2 Å². The van der Waals surface area contributed by atoms with Crippen molar-refractivity contribution in [2.24, 2.45) is 18.9 Å². The Morgan fingerprint density at radius 1 is 0.396 bits per heavy atom. The topological polar surface area (TPSA) is 543 Å². The number of rotatable bonds is 28. The molecule has 43 heteroatoms. The van der Waals surface area contributed by atoms with Crippen molar-refractivity contribution in [2.75, 3.05) is 113 Å². The van der Waals surface area contributed by atoms with Crippen LogP contribution in [0.4, 0.5) is 0 Å². The van der Waals surface area contributed by atoms with Crippen LogP contribution in [0.2, 0.25) is 0 Å². The molecule has 12 amide bonds. The quantitative estimate of drug-likeness (QED) is 0.0219. The number of hydrogen-bond donors (Lipinski definition) is 13. The highest BCUT2D eigenvalue weighted by molar-refractivity contribution is 5.99. The van der Waals surface area contributed by atoms with Crippen LogP contribution in [0.5, 0.6) is 0 Å². The molecule has 0 bridgehead atoms. The van der Waals surface area contributed by atoms with Crippen molar-refractivity contribution in [1.82, 2.24) is 142 Å². The molecule has 10 aromatic rings. The van der Waals surface area contributed by atoms with Crippen molar-refractivity contribution in [3.63, 3.8) is 0 Å². The lowest BCUT2D eigenvalue weighted by Crippen LogP contribution is -2.47. The average Bonchev–Trinajstić information content (AvgIpc) is 1.63. The Morgan fingerprint density at radius 3 is 1.05 bits per heavy atom. The van der Waals surface area contributed by atoms with E-state index < -0.39 is 5.60 Å². The van der Waals surface area contributed by atoms with Gasteiger partial charge in [0.25, 0.3) is 53.2 Å². The number of H-pyrrole nitrogens is 7. The average molecular weight is 1990 g/mol. The van der Waals surface area contributed by atoms with Crippen LogP contribution < -0.4 is 31.9 Å². The fraction of sp³-hybridized carbons (Fsp3) is 0.564. The first-order valence-corrected chi connectivity index (χ1v) is 50.3. The molecule has 17 heterocycles. The Morgan fingerprint density at radius 2 is 0.729 bits per heavy atom. The van der Waals surface area contributed by atoms with Gasteiger partial charge in [-0.25, -0.2) is 9.97 Å². The number of nitrogens with one attached hydrogen (secondary N) is 13. The number of fused-ring (bicyclic) bond motifs is 2. The molecule has 144 heavy (non-hydrogen) atoms. The molecular weight excluding hydrogens is 1850 g/mol. The third kappa shape index (κ3) is 27.6. The Labute approximate surface area is 836 Å². The highest BCUT2D eigenvalue weighted by Crippen LogP contribution is 2.40. The van der Waals surface area contributed by atoms with Crippen LogP contribution in [0.1, 0.15) is 314 Å². The molecule has 0 aromatic carbocycles. The number of amides is 12. The molecule has 19 rings (SSSR count). The summed E-state index contributed by atoms with van der Waals surface area (Å²) in [5.74, 6) is 1.50. The van der Waals surface area contributed by atoms with Gasteiger partial charge in [0.2, 0.25) is 17.7 Å². The lowest BCUT2D eigenvalue weighted by atomic mass is 10.1. The van der Waals surface area contributed by atoms with Gasteiger partial charge in [0.1, 0.15) is 51.2 Å². The third-order valence-electron chi connectivity index (χ3n) is 27.4. The summed E-state index contributed by atoms with van der Waals surface area (Å²) in [7, 11) is 5.08. The number of nitrogens with zero attached hydrogens (tertiary/aromatic N) is 15. The Balaban J connectivity index is 0.000000137. The van der Waals surface area contributed by atoms with Gasteiger partial charge in [-0.15, -0.1) is 0 Å². The number of methoxy groups -OCH3 is 2. The van der Waals surface area contributed by atoms with Crippen molar-refractivity contribution in [2.45, 2.75) is 237 Å². The molecule has 10 aromatic heterocycles. The van der Waals surface area contributed by atoms with Crippen LogP contribution in [-0.4, -0.2) is 335 Å². The molecule has 0 radical (unpaired) electrons. The second-order valence-corrected chi connectivity index (χ2v) is 40.6. The van der Waals surface area contributed by atoms with Crippen LogP contribution in [0.3, 0.4) is 0 Å². The van der Waals surface area contributed by atoms with Gasteiger partial charge in [-0.1, -0.05) is 83.1 Å². The molecule has 9 aliphatic rings. The molecule has 6 atom stereocenters. The summed E-state index contributed by atoms with van der Waals surface area (Å²) in [6.45, 7) is 32.9. The maximum absolute atomic E-state index is 12.6. The number of carbonyl (C=O) groups is 12. The predicted octanol–water partition coefficient (Wildman–Crippen LogP) is 8.24. The Bertz CT molecular complexity index is 6130. The van der Waals surface area contributed by atoms with E-state index in [2.05, 4.69) is 122 Å². The normalized spacial score (nSPS) is 19.4. The highest BCUT2D eigenvalue weighted by Gasteiger charge is 2.51. The van der Waals surface area contributed by atoms with Crippen LogP contribution in [-0.2, 0) is 40.4 Å². The van der Waals surface area contributed by atoms with Gasteiger partial charge < -0.3 is 85.1 Å². The first kappa shape index (κ1) is 106. The lowest BCUT2D eigenvalue weighted by Gasteiger charge is -2.26. The van der Waals surface area contributed by atoms with Crippen molar-refractivity contribution >= 4 is 93.0 Å². The van der Waals surface area contributed by atoms with Crippen LogP contribution >= 0.6 is 0 Å². The number of aryl methyl sites for hydroxylation is 1. The molecule has 13 N–H and O–H groups in total. The molecule has 2 aliphatic carbocycles. The molecule has 7 aliphatic heterocycles. The van der Waals surface area contributed by atoms with Crippen molar-refractivity contribution < 1.29 is 71.7 Å². The zero-order chi connectivity index (χ0) is 103. The van der Waals surface area contributed by atoms with E-state index >= 15 is 0 Å². The number of likely N-dealkylation sites (tertiary alicyclic amines) is 6. The van der Waals surface area contributed by atoms with Crippen LogP contribution in [0.25, 0.3) is 22.1 Å². The predicted molar refractivity (Wildman–Crippen MR) is 533 cm³/mol. The van der Waals surface area contributed by atoms with Gasteiger partial charge in [-0.3, -0.25) is 88.1 Å². The van der Waals surface area contributed by atoms with Gasteiger partial charge in [-0.2, -0.15) is 30.6 Å². The highest BCUT2D eigenvalue weighted by atomic mass is 16.5. The third-order valence-corrected chi connectivity index (χ3v) is 27.4. The van der Waals surface area contributed by atoms with Crippen molar-refractivity contribution in [3.8, 4) is 0 Å². The molecule has 43 nitrogen and oxygen atoms in total. The van der Waals surface area contributed by atoms with Gasteiger partial charge in [-0.05, 0) is 178 Å². The van der Waals surface area contributed by atoms with Gasteiger partial charge in [0.15, 0.2) is 0 Å². The number of carbonyl (C=O) groups excluding carboxylic acids is 12. The fourth-order valence-corrected chi connectivity index (χ4v) is 17.7. The SMILES string of the molecule is CC(C)c1cc(C(=O)N2CCC(NC(=O)C3COC3)C2)n[nH]1.CC(C)c1cc(C(=O)N2CCC(NC(=O)CC3CC3)C2)n[nH]1.CC(C)c1cc(C(=O)N2CCC(NC(=O)c3ccc4[nH]ccc4n3)C2)n[nH]1.CC(C)c1cc(C(=O)N2CCC(NC(=O)c3ccc4c(ccn4C)n3)C2)n[nH]1.COC1(C(=O)NC2CCN(C(=O)c3cc(C(C)C)[nH]n3)C2)CC1.COCCC(=O)NC1CCN(C(=O)c2cc(C(C)C)[nH]n2)C1. The maximum atomic E-state index is 12.6. The first-order valence-electron chi connectivity index (χ1n) is 50.3. The molecular formula is C101H140N28O15. The van der Waals surface area contributed by atoms with E-state index in [1.54, 1.807) is 80.1 Å². The minimum atomic E-state index is -0.619. The van der Waals surface area contributed by atoms with E-state index in [9.17, 15) is 57.5 Å². The summed E-state index contributed by atoms with van der Waals surface area (Å²) >= 11 is 0. The minimum Gasteiger partial charge on any atom is -0.384 e. The fourth-order valence-electron chi connectivity index (χ4n) is 17.7. The Hall–Kier alpha value is -13.8. The van der Waals surface area contributed by atoms with E-state index in [0.29, 0.717) is 199 Å². The smallest absolute Gasteiger partial charge is 0.274 e. The van der Waals surface area contributed by atoms with Crippen molar-refractivity contribution in [1.29, 1.82) is 0 Å². The van der Waals surface area contributed by atoms with E-state index in [1.807, 2.05) is 130 Å². The number of ether oxygens (including phenoxy) is 3. The second kappa shape index (κ2) is 48.0. The van der Waals surface area contributed by atoms with E-state index in [1.165, 1.54) is 12.8 Å². The number of aromatic nitrogens is 16. The van der Waals surface area contributed by atoms with Gasteiger partial charge in [0, 0.05) is 195 Å². The molecule has 7 saturated heterocycles. The maximum Gasteiger partial charge on any atom is 0.274 e. The van der Waals surface area contributed by atoms with E-state index in [-0.39, 0.29) is 125 Å². The number of hydrogen-bond acceptors (Lipinski definition) is 23. The summed E-state index contributed by atoms with van der Waals surface area (Å²) < 4.78 is 17.1. The summed E-state index contributed by atoms with van der Waals surface area (Å²) in [6.07, 6.45) is 13.2. The number of pyridine rings is 2. The van der Waals surface area contributed by atoms with E-state index in [4.69, 9.17) is 14.2 Å². The molecule has 9 fully saturated rings. The minimum absolute atomic E-state index is 0.0109. The second-order valence-electron chi connectivity index (χ2n) is 40.6. The molecule has 774 valence electrons. The summed E-state index contributed by atoms with van der Waals surface area (Å²) in [5.41, 5.74) is 11.9. The number of aromatic amines is 7. The largest absolute Gasteiger partial charge is 0.384 e. The Kier molecular flexibility index (Phi) is 35.3. The van der Waals surface area contributed by atoms with Crippen LogP contribution in [0, 0.1) is 11.8 Å². The first-order chi connectivity index (χ1) is 68.9. The zero-order valence-electron chi connectivity index (χ0n) is 85.1. The summed E-state index contributed by atoms with van der Waals surface area (Å²) in [6, 6.07) is 21.7. The molecule has 2 saturated carbocycles. The summed E-state index contributed by atoms with van der Waals surface area (Å²) in [4.78, 5) is 170. The lowest BCUT2D eigenvalue weighted by molar-refractivity contribution is -0.139. The zero-order valence-corrected chi connectivity index (χ0v) is 85.1. The summed E-state index contributed by atoms with van der Waals surface area (Å²) in [5, 5.41) is 60.1. The van der Waals surface area contributed by atoms with E-state index in [0.717, 1.165) is 94.8 Å². The molecule has 6 unspecified atom stereocenters. The van der Waals surface area contributed by atoms with Gasteiger partial charge in [0.05, 0.1) is 47.8 Å². The van der Waals surface area contributed by atoms with Gasteiger partial charge >= 0.3 is 0 Å². The van der Waals surface area contributed by atoms with Crippen molar-refractivity contribution in [3.05, 3.63) is 165 Å². The monoisotopic (exact) mass is 1990 g/mol.